The van der Waals surface area contributed by atoms with E-state index >= 15 is 0 Å². The fraction of sp³-hybridized carbons (Fsp3) is 0.417. The summed E-state index contributed by atoms with van der Waals surface area (Å²) in [6.45, 7) is 1.24. The molecule has 1 heterocycles. The molecule has 0 N–H and O–H groups in total. The summed E-state index contributed by atoms with van der Waals surface area (Å²) in [5.41, 5.74) is 0.100. The van der Waals surface area contributed by atoms with Crippen LogP contribution in [-0.4, -0.2) is 24.4 Å². The lowest BCUT2D eigenvalue weighted by Gasteiger charge is -2.36. The second kappa shape index (κ2) is 4.04. The van der Waals surface area contributed by atoms with E-state index in [1.54, 1.807) is 14.0 Å². The van der Waals surface area contributed by atoms with E-state index in [1.807, 2.05) is 0 Å². The molecule has 2 rings (SSSR count). The summed E-state index contributed by atoms with van der Waals surface area (Å²) in [5, 5.41) is 10.7. The first-order valence-electron chi connectivity index (χ1n) is 5.52. The van der Waals surface area contributed by atoms with E-state index in [0.29, 0.717) is 11.3 Å². The van der Waals surface area contributed by atoms with Gasteiger partial charge >= 0.3 is 0 Å². The number of hydrogen-bond acceptors (Lipinski definition) is 3. The van der Waals surface area contributed by atoms with Gasteiger partial charge in [0.15, 0.2) is 0 Å². The van der Waals surface area contributed by atoms with Crippen LogP contribution >= 0.6 is 0 Å². The van der Waals surface area contributed by atoms with E-state index in [2.05, 4.69) is 0 Å². The first kappa shape index (κ1) is 12.5. The monoisotopic (exact) mass is 252 g/mol. The van der Waals surface area contributed by atoms with E-state index in [9.17, 15) is 19.3 Å². The molecule has 1 amide bonds. The Hall–Kier alpha value is -1.98. The average molecular weight is 252 g/mol. The number of halogens is 1. The fourth-order valence-corrected chi connectivity index (χ4v) is 2.39. The number of hydrogen-bond donors (Lipinski definition) is 0. The lowest BCUT2D eigenvalue weighted by molar-refractivity contribution is -0.490. The van der Waals surface area contributed by atoms with E-state index in [1.165, 1.54) is 23.1 Å². The molecule has 0 fully saturated rings. The highest BCUT2D eigenvalue weighted by Crippen LogP contribution is 2.40. The second-order valence-electron chi connectivity index (χ2n) is 4.84. The van der Waals surface area contributed by atoms with Gasteiger partial charge < -0.3 is 4.90 Å². The van der Waals surface area contributed by atoms with Crippen molar-refractivity contribution in [1.29, 1.82) is 0 Å². The van der Waals surface area contributed by atoms with Crippen molar-refractivity contribution < 1.29 is 14.1 Å². The fourth-order valence-electron chi connectivity index (χ4n) is 2.39. The number of carbonyl (C=O) groups is 1. The van der Waals surface area contributed by atoms with Gasteiger partial charge in [0.1, 0.15) is 5.82 Å². The SMILES string of the molecule is CN1C(=O)CC(C)(C[N+](=O)[O-])c2cc(F)ccc21. The molecular weight excluding hydrogens is 239 g/mol. The minimum absolute atomic E-state index is 0.0148. The second-order valence-corrected chi connectivity index (χ2v) is 4.84. The number of anilines is 1. The van der Waals surface area contributed by atoms with Crippen molar-refractivity contribution in [2.24, 2.45) is 0 Å². The van der Waals surface area contributed by atoms with Crippen molar-refractivity contribution in [3.63, 3.8) is 0 Å². The van der Waals surface area contributed by atoms with Crippen molar-refractivity contribution in [3.8, 4) is 0 Å². The molecule has 1 aliphatic rings. The molecular formula is C12H13FN2O3. The highest BCUT2D eigenvalue weighted by Gasteiger charge is 2.42. The van der Waals surface area contributed by atoms with Crippen molar-refractivity contribution in [1.82, 2.24) is 0 Å². The maximum Gasteiger partial charge on any atom is 0.227 e. The Labute approximate surface area is 103 Å². The minimum atomic E-state index is -0.954. The number of benzene rings is 1. The summed E-state index contributed by atoms with van der Waals surface area (Å²) < 4.78 is 13.3. The molecule has 0 aromatic heterocycles. The zero-order valence-corrected chi connectivity index (χ0v) is 10.1. The Morgan fingerprint density at radius 2 is 2.22 bits per heavy atom. The number of nitrogens with zero attached hydrogens (tertiary/aromatic N) is 2. The van der Waals surface area contributed by atoms with Crippen LogP contribution in [0.5, 0.6) is 0 Å². The number of amides is 1. The van der Waals surface area contributed by atoms with Crippen LogP contribution < -0.4 is 4.90 Å². The van der Waals surface area contributed by atoms with Gasteiger partial charge in [0.25, 0.3) is 0 Å². The van der Waals surface area contributed by atoms with Crippen LogP contribution in [0.25, 0.3) is 0 Å². The standard InChI is InChI=1S/C12H13FN2O3/c1-12(7-15(17)18)6-11(16)14(2)10-4-3-8(13)5-9(10)12/h3-5H,6-7H2,1-2H3. The molecule has 6 heteroatoms. The first-order chi connectivity index (χ1) is 8.33. The Bertz CT molecular complexity index is 532. The third-order valence-electron chi connectivity index (χ3n) is 3.36. The molecule has 0 bridgehead atoms. The number of carbonyl (C=O) groups excluding carboxylic acids is 1. The summed E-state index contributed by atoms with van der Waals surface area (Å²) >= 11 is 0. The van der Waals surface area contributed by atoms with Gasteiger partial charge in [-0.05, 0) is 30.7 Å². The van der Waals surface area contributed by atoms with Gasteiger partial charge in [-0.15, -0.1) is 0 Å². The molecule has 1 aliphatic heterocycles. The Morgan fingerprint density at radius 3 is 2.83 bits per heavy atom. The molecule has 0 saturated heterocycles. The van der Waals surface area contributed by atoms with Crippen molar-refractivity contribution in [2.75, 3.05) is 18.5 Å². The van der Waals surface area contributed by atoms with Crippen molar-refractivity contribution in [2.45, 2.75) is 18.8 Å². The highest BCUT2D eigenvalue weighted by molar-refractivity contribution is 5.97. The van der Waals surface area contributed by atoms with Gasteiger partial charge in [-0.25, -0.2) is 4.39 Å². The lowest BCUT2D eigenvalue weighted by Crippen LogP contribution is -2.44. The van der Waals surface area contributed by atoms with Crippen LogP contribution in [0.1, 0.15) is 18.9 Å². The Morgan fingerprint density at radius 1 is 1.56 bits per heavy atom. The number of rotatable bonds is 2. The molecule has 96 valence electrons. The molecule has 18 heavy (non-hydrogen) atoms. The Balaban J connectivity index is 2.58. The van der Waals surface area contributed by atoms with Crippen LogP contribution in [0, 0.1) is 15.9 Å². The summed E-state index contributed by atoms with van der Waals surface area (Å²) in [6, 6.07) is 4.02. The summed E-state index contributed by atoms with van der Waals surface area (Å²) in [5.74, 6) is -0.649. The third kappa shape index (κ3) is 1.94. The predicted molar refractivity (Wildman–Crippen MR) is 63.6 cm³/mol. The number of fused-ring (bicyclic) bond motifs is 1. The van der Waals surface area contributed by atoms with Gasteiger partial charge in [0.05, 0.1) is 5.41 Å². The highest BCUT2D eigenvalue weighted by atomic mass is 19.1. The third-order valence-corrected chi connectivity index (χ3v) is 3.36. The lowest BCUT2D eigenvalue weighted by atomic mass is 9.75. The molecule has 1 atom stereocenters. The zero-order chi connectivity index (χ0) is 13.5. The topological polar surface area (TPSA) is 63.5 Å². The molecule has 1 aromatic carbocycles. The van der Waals surface area contributed by atoms with Crippen molar-refractivity contribution in [3.05, 3.63) is 39.7 Å². The van der Waals surface area contributed by atoms with Crippen LogP contribution in [0.3, 0.4) is 0 Å². The molecule has 1 aromatic rings. The zero-order valence-electron chi connectivity index (χ0n) is 10.1. The van der Waals surface area contributed by atoms with E-state index in [-0.39, 0.29) is 18.9 Å². The maximum atomic E-state index is 13.3. The number of nitro groups is 1. The molecule has 1 unspecified atom stereocenters. The molecule has 0 radical (unpaired) electrons. The van der Waals surface area contributed by atoms with Gasteiger partial charge in [0, 0.05) is 24.1 Å². The van der Waals surface area contributed by atoms with Crippen LogP contribution in [0.4, 0.5) is 10.1 Å². The normalized spacial score (nSPS) is 22.8. The van der Waals surface area contributed by atoms with Crippen LogP contribution in [-0.2, 0) is 10.2 Å². The summed E-state index contributed by atoms with van der Waals surface area (Å²) in [7, 11) is 1.59. The molecule has 0 aliphatic carbocycles. The minimum Gasteiger partial charge on any atom is -0.315 e. The molecule has 5 nitrogen and oxygen atoms in total. The van der Waals surface area contributed by atoms with Gasteiger partial charge in [-0.1, -0.05) is 0 Å². The van der Waals surface area contributed by atoms with Crippen molar-refractivity contribution >= 4 is 11.6 Å². The summed E-state index contributed by atoms with van der Waals surface area (Å²) in [4.78, 5) is 23.5. The quantitative estimate of drug-likeness (QED) is 0.594. The molecule has 0 spiro atoms. The first-order valence-corrected chi connectivity index (χ1v) is 5.52. The largest absolute Gasteiger partial charge is 0.315 e. The van der Waals surface area contributed by atoms with Crippen LogP contribution in [0.2, 0.25) is 0 Å². The average Bonchev–Trinajstić information content (AvgIpc) is 2.25. The molecule has 0 saturated carbocycles. The van der Waals surface area contributed by atoms with Gasteiger partial charge in [-0.2, -0.15) is 0 Å². The predicted octanol–water partition coefficient (Wildman–Crippen LogP) is 1.73. The van der Waals surface area contributed by atoms with Gasteiger partial charge in [0.2, 0.25) is 12.5 Å². The van der Waals surface area contributed by atoms with E-state index in [4.69, 9.17) is 0 Å². The summed E-state index contributed by atoms with van der Waals surface area (Å²) in [6.07, 6.45) is 0.0148. The van der Waals surface area contributed by atoms with E-state index in [0.717, 1.165) is 0 Å². The smallest absolute Gasteiger partial charge is 0.227 e. The van der Waals surface area contributed by atoms with E-state index < -0.39 is 16.2 Å². The maximum absolute atomic E-state index is 13.3. The van der Waals surface area contributed by atoms with Crippen LogP contribution in [0.15, 0.2) is 18.2 Å². The Kier molecular flexibility index (Phi) is 2.80. The van der Waals surface area contributed by atoms with Gasteiger partial charge in [-0.3, -0.25) is 14.9 Å².